The molecule has 4 nitrogen and oxygen atoms in total. The van der Waals surface area contributed by atoms with Gasteiger partial charge in [-0.2, -0.15) is 0 Å². The van der Waals surface area contributed by atoms with E-state index in [1.165, 1.54) is 0 Å². The molecule has 0 bridgehead atoms. The molecule has 0 aliphatic carbocycles. The molecule has 98 valence electrons. The summed E-state index contributed by atoms with van der Waals surface area (Å²) in [6.45, 7) is 3.54. The van der Waals surface area contributed by atoms with Gasteiger partial charge in [-0.05, 0) is 66.3 Å². The molecule has 1 N–H and O–H groups in total. The van der Waals surface area contributed by atoms with Gasteiger partial charge in [0.05, 0.1) is 0 Å². The third-order valence-electron chi connectivity index (χ3n) is 2.54. The molecule has 2 aromatic rings. The van der Waals surface area contributed by atoms with Crippen molar-refractivity contribution in [3.63, 3.8) is 0 Å². The minimum atomic E-state index is -1.04. The van der Waals surface area contributed by atoms with E-state index in [1.54, 1.807) is 26.0 Å². The van der Waals surface area contributed by atoms with Gasteiger partial charge in [-0.15, -0.1) is 0 Å². The van der Waals surface area contributed by atoms with Crippen LogP contribution in [0.2, 0.25) is 0 Å². The van der Waals surface area contributed by atoms with Crippen molar-refractivity contribution >= 4 is 28.6 Å². The predicted octanol–water partition coefficient (Wildman–Crippen LogP) is 3.79. The van der Waals surface area contributed by atoms with Crippen LogP contribution in [0.3, 0.4) is 0 Å². The van der Waals surface area contributed by atoms with Crippen molar-refractivity contribution in [2.75, 3.05) is 0 Å². The number of aromatic carboxylic acids is 1. The van der Waals surface area contributed by atoms with Gasteiger partial charge in [0.2, 0.25) is 5.88 Å². The standard InChI is InChI=1S/C14H12INO3/c1-8-6-9(2)16-13(12(8)14(17)18)19-11-5-3-4-10(15)7-11/h3-7H,1-2H3,(H,17,18). The maximum atomic E-state index is 11.3. The van der Waals surface area contributed by atoms with E-state index in [9.17, 15) is 9.90 Å². The minimum absolute atomic E-state index is 0.101. The monoisotopic (exact) mass is 369 g/mol. The summed E-state index contributed by atoms with van der Waals surface area (Å²) in [6, 6.07) is 9.10. The number of aromatic nitrogens is 1. The lowest BCUT2D eigenvalue weighted by atomic mass is 10.1. The minimum Gasteiger partial charge on any atom is -0.477 e. The van der Waals surface area contributed by atoms with E-state index in [0.29, 0.717) is 11.3 Å². The first-order valence-electron chi connectivity index (χ1n) is 5.62. The van der Waals surface area contributed by atoms with Gasteiger partial charge in [0.25, 0.3) is 0 Å². The smallest absolute Gasteiger partial charge is 0.341 e. The highest BCUT2D eigenvalue weighted by Gasteiger charge is 2.17. The lowest BCUT2D eigenvalue weighted by Gasteiger charge is -2.11. The number of carboxylic acids is 1. The molecule has 0 aliphatic rings. The number of hydrogen-bond acceptors (Lipinski definition) is 3. The quantitative estimate of drug-likeness (QED) is 0.837. The number of rotatable bonds is 3. The summed E-state index contributed by atoms with van der Waals surface area (Å²) in [7, 11) is 0. The molecule has 1 heterocycles. The summed E-state index contributed by atoms with van der Waals surface area (Å²) in [6.07, 6.45) is 0. The Balaban J connectivity index is 2.47. The SMILES string of the molecule is Cc1cc(C)c(C(=O)O)c(Oc2cccc(I)c2)n1. The number of carbonyl (C=O) groups is 1. The molecule has 0 unspecified atom stereocenters. The number of ether oxygens (including phenoxy) is 1. The molecular weight excluding hydrogens is 357 g/mol. The molecular formula is C14H12INO3. The van der Waals surface area contributed by atoms with Gasteiger partial charge in [0.15, 0.2) is 0 Å². The van der Waals surface area contributed by atoms with Crippen molar-refractivity contribution in [3.8, 4) is 11.6 Å². The van der Waals surface area contributed by atoms with Crippen molar-refractivity contribution in [2.24, 2.45) is 0 Å². The van der Waals surface area contributed by atoms with Crippen LogP contribution in [0, 0.1) is 17.4 Å². The third kappa shape index (κ3) is 3.23. The molecule has 5 heteroatoms. The van der Waals surface area contributed by atoms with Crippen molar-refractivity contribution in [1.82, 2.24) is 4.98 Å². The molecule has 2 rings (SSSR count). The van der Waals surface area contributed by atoms with Crippen LogP contribution in [-0.2, 0) is 0 Å². The number of carboxylic acid groups (broad SMARTS) is 1. The summed E-state index contributed by atoms with van der Waals surface area (Å²) in [5.74, 6) is -0.329. The van der Waals surface area contributed by atoms with Crippen LogP contribution in [0.15, 0.2) is 30.3 Å². The van der Waals surface area contributed by atoms with E-state index in [2.05, 4.69) is 27.6 Å². The van der Waals surface area contributed by atoms with Crippen LogP contribution in [0.1, 0.15) is 21.6 Å². The number of halogens is 1. The largest absolute Gasteiger partial charge is 0.477 e. The van der Waals surface area contributed by atoms with E-state index in [4.69, 9.17) is 4.74 Å². The normalized spacial score (nSPS) is 10.3. The maximum absolute atomic E-state index is 11.3. The molecule has 19 heavy (non-hydrogen) atoms. The summed E-state index contributed by atoms with van der Waals surface area (Å²) >= 11 is 2.17. The summed E-state index contributed by atoms with van der Waals surface area (Å²) in [5.41, 5.74) is 1.47. The zero-order chi connectivity index (χ0) is 14.0. The average molecular weight is 369 g/mol. The molecule has 0 radical (unpaired) electrons. The van der Waals surface area contributed by atoms with Gasteiger partial charge in [-0.25, -0.2) is 9.78 Å². The Hall–Kier alpha value is -1.63. The Labute approximate surface area is 124 Å². The second-order valence-electron chi connectivity index (χ2n) is 4.13. The number of nitrogens with zero attached hydrogens (tertiary/aromatic N) is 1. The molecule has 0 saturated carbocycles. The third-order valence-corrected chi connectivity index (χ3v) is 3.21. The van der Waals surface area contributed by atoms with E-state index >= 15 is 0 Å². The Bertz CT molecular complexity index is 641. The van der Waals surface area contributed by atoms with Gasteiger partial charge in [0, 0.05) is 9.26 Å². The highest BCUT2D eigenvalue weighted by molar-refractivity contribution is 14.1. The first kappa shape index (κ1) is 13.8. The van der Waals surface area contributed by atoms with E-state index in [1.807, 2.05) is 18.2 Å². The van der Waals surface area contributed by atoms with Crippen LogP contribution in [0.25, 0.3) is 0 Å². The van der Waals surface area contributed by atoms with Crippen molar-refractivity contribution in [3.05, 3.63) is 50.7 Å². The topological polar surface area (TPSA) is 59.4 Å². The Morgan fingerprint density at radius 3 is 2.68 bits per heavy atom. The Morgan fingerprint density at radius 1 is 1.32 bits per heavy atom. The summed E-state index contributed by atoms with van der Waals surface area (Å²) in [4.78, 5) is 15.5. The molecule has 0 amide bonds. The van der Waals surface area contributed by atoms with Crippen molar-refractivity contribution in [1.29, 1.82) is 0 Å². The fourth-order valence-corrected chi connectivity index (χ4v) is 2.29. The highest BCUT2D eigenvalue weighted by Crippen LogP contribution is 2.27. The summed E-state index contributed by atoms with van der Waals surface area (Å²) < 4.78 is 6.63. The molecule has 0 spiro atoms. The second-order valence-corrected chi connectivity index (χ2v) is 5.37. The molecule has 0 fully saturated rings. The van der Waals surface area contributed by atoms with E-state index in [-0.39, 0.29) is 11.4 Å². The maximum Gasteiger partial charge on any atom is 0.341 e. The van der Waals surface area contributed by atoms with Gasteiger partial charge in [-0.3, -0.25) is 0 Å². The fourth-order valence-electron chi connectivity index (χ4n) is 1.78. The highest BCUT2D eigenvalue weighted by atomic mass is 127. The first-order chi connectivity index (χ1) is 8.97. The van der Waals surface area contributed by atoms with Gasteiger partial charge < -0.3 is 9.84 Å². The fraction of sp³-hybridized carbons (Fsp3) is 0.143. The zero-order valence-corrected chi connectivity index (χ0v) is 12.6. The van der Waals surface area contributed by atoms with E-state index in [0.717, 1.165) is 9.26 Å². The van der Waals surface area contributed by atoms with Crippen LogP contribution in [0.5, 0.6) is 11.6 Å². The number of hydrogen-bond donors (Lipinski definition) is 1. The van der Waals surface area contributed by atoms with Gasteiger partial charge in [0.1, 0.15) is 11.3 Å². The Morgan fingerprint density at radius 2 is 2.05 bits per heavy atom. The zero-order valence-electron chi connectivity index (χ0n) is 10.5. The van der Waals surface area contributed by atoms with Crippen LogP contribution in [-0.4, -0.2) is 16.1 Å². The van der Waals surface area contributed by atoms with Crippen LogP contribution >= 0.6 is 22.6 Å². The second kappa shape index (κ2) is 5.56. The van der Waals surface area contributed by atoms with Crippen LogP contribution < -0.4 is 4.74 Å². The van der Waals surface area contributed by atoms with Crippen molar-refractivity contribution < 1.29 is 14.6 Å². The van der Waals surface area contributed by atoms with Gasteiger partial charge in [-0.1, -0.05) is 6.07 Å². The predicted molar refractivity (Wildman–Crippen MR) is 79.9 cm³/mol. The molecule has 0 saturated heterocycles. The molecule has 1 aromatic carbocycles. The Kier molecular flexibility index (Phi) is 4.04. The van der Waals surface area contributed by atoms with E-state index < -0.39 is 5.97 Å². The molecule has 1 aromatic heterocycles. The number of aryl methyl sites for hydroxylation is 2. The summed E-state index contributed by atoms with van der Waals surface area (Å²) in [5, 5.41) is 9.25. The first-order valence-corrected chi connectivity index (χ1v) is 6.70. The lowest BCUT2D eigenvalue weighted by molar-refractivity contribution is 0.0692. The van der Waals surface area contributed by atoms with Crippen molar-refractivity contribution in [2.45, 2.75) is 13.8 Å². The van der Waals surface area contributed by atoms with Crippen LogP contribution in [0.4, 0.5) is 0 Å². The lowest BCUT2D eigenvalue weighted by Crippen LogP contribution is -2.06. The van der Waals surface area contributed by atoms with Gasteiger partial charge >= 0.3 is 5.97 Å². The molecule has 0 aliphatic heterocycles. The average Bonchev–Trinajstić information content (AvgIpc) is 2.26. The number of pyridine rings is 1. The molecule has 0 atom stereocenters. The number of benzene rings is 1.